The quantitative estimate of drug-likeness (QED) is 0.857. The van der Waals surface area contributed by atoms with Gasteiger partial charge >= 0.3 is 0 Å². The van der Waals surface area contributed by atoms with Crippen molar-refractivity contribution >= 4 is 5.91 Å². The molecular weight excluding hydrogens is 276 g/mol. The average Bonchev–Trinajstić information content (AvgIpc) is 2.86. The lowest BCUT2D eigenvalue weighted by Gasteiger charge is -2.37. The summed E-state index contributed by atoms with van der Waals surface area (Å²) >= 11 is 0. The molecule has 2 aliphatic rings. The van der Waals surface area contributed by atoms with E-state index in [9.17, 15) is 4.79 Å². The van der Waals surface area contributed by atoms with Gasteiger partial charge in [-0.05, 0) is 56.6 Å². The van der Waals surface area contributed by atoms with E-state index in [1.54, 1.807) is 7.11 Å². The lowest BCUT2D eigenvalue weighted by Crippen LogP contribution is -2.44. The van der Waals surface area contributed by atoms with Crippen LogP contribution < -0.4 is 4.74 Å². The Balaban J connectivity index is 1.63. The molecule has 120 valence electrons. The first-order chi connectivity index (χ1) is 10.7. The summed E-state index contributed by atoms with van der Waals surface area (Å²) in [7, 11) is 1.67. The van der Waals surface area contributed by atoms with Crippen LogP contribution in [0.15, 0.2) is 24.3 Å². The summed E-state index contributed by atoms with van der Waals surface area (Å²) in [6.07, 6.45) is 3.08. The van der Waals surface area contributed by atoms with Gasteiger partial charge in [-0.3, -0.25) is 4.79 Å². The van der Waals surface area contributed by atoms with Gasteiger partial charge in [0.1, 0.15) is 5.75 Å². The molecule has 1 spiro atoms. The first kappa shape index (κ1) is 15.3. The zero-order valence-electron chi connectivity index (χ0n) is 13.7. The highest BCUT2D eigenvalue weighted by molar-refractivity contribution is 5.85. The molecular formula is C18H26N2O2. The second-order valence-electron chi connectivity index (χ2n) is 6.54. The Hall–Kier alpha value is -1.55. The van der Waals surface area contributed by atoms with Crippen molar-refractivity contribution in [1.82, 2.24) is 9.80 Å². The fraction of sp³-hybridized carbons (Fsp3) is 0.611. The van der Waals surface area contributed by atoms with E-state index in [0.29, 0.717) is 5.91 Å². The van der Waals surface area contributed by atoms with Crippen LogP contribution in [-0.4, -0.2) is 49.0 Å². The number of hydrogen-bond acceptors (Lipinski definition) is 3. The molecule has 0 aliphatic carbocycles. The van der Waals surface area contributed by atoms with Crippen molar-refractivity contribution in [3.05, 3.63) is 29.8 Å². The van der Waals surface area contributed by atoms with Crippen LogP contribution in [0.2, 0.25) is 0 Å². The van der Waals surface area contributed by atoms with E-state index in [1.165, 1.54) is 5.56 Å². The Morgan fingerprint density at radius 3 is 2.32 bits per heavy atom. The van der Waals surface area contributed by atoms with Crippen molar-refractivity contribution in [1.29, 1.82) is 0 Å². The van der Waals surface area contributed by atoms with Crippen LogP contribution in [0, 0.1) is 5.41 Å². The van der Waals surface area contributed by atoms with E-state index in [-0.39, 0.29) is 5.41 Å². The SMILES string of the molecule is CCN1CCC2(CC1)CCN(Cc1ccc(OC)cc1)C2=O. The molecule has 1 aromatic rings. The minimum absolute atomic E-state index is 0.0713. The van der Waals surface area contributed by atoms with Gasteiger partial charge in [0, 0.05) is 13.1 Å². The minimum atomic E-state index is -0.0713. The predicted octanol–water partition coefficient (Wildman–Crippen LogP) is 2.53. The number of hydrogen-bond donors (Lipinski definition) is 0. The van der Waals surface area contributed by atoms with E-state index >= 15 is 0 Å². The van der Waals surface area contributed by atoms with Gasteiger partial charge in [-0.2, -0.15) is 0 Å². The van der Waals surface area contributed by atoms with Crippen molar-refractivity contribution in [2.24, 2.45) is 5.41 Å². The molecule has 2 saturated heterocycles. The molecule has 0 radical (unpaired) electrons. The largest absolute Gasteiger partial charge is 0.497 e. The van der Waals surface area contributed by atoms with Crippen LogP contribution in [0.3, 0.4) is 0 Å². The zero-order valence-corrected chi connectivity index (χ0v) is 13.7. The number of benzene rings is 1. The second-order valence-corrected chi connectivity index (χ2v) is 6.54. The molecule has 0 bridgehead atoms. The maximum Gasteiger partial charge on any atom is 0.229 e. The summed E-state index contributed by atoms with van der Waals surface area (Å²) in [5.41, 5.74) is 1.11. The van der Waals surface area contributed by atoms with E-state index in [1.807, 2.05) is 17.0 Å². The van der Waals surface area contributed by atoms with Gasteiger partial charge < -0.3 is 14.5 Å². The molecule has 1 aromatic carbocycles. The molecule has 0 atom stereocenters. The van der Waals surface area contributed by atoms with Crippen LogP contribution in [0.5, 0.6) is 5.75 Å². The molecule has 1 amide bonds. The summed E-state index contributed by atoms with van der Waals surface area (Å²) in [5.74, 6) is 1.24. The summed E-state index contributed by atoms with van der Waals surface area (Å²) in [5, 5.41) is 0. The van der Waals surface area contributed by atoms with E-state index in [0.717, 1.165) is 57.7 Å². The monoisotopic (exact) mass is 302 g/mol. The number of nitrogens with zero attached hydrogens (tertiary/aromatic N) is 2. The van der Waals surface area contributed by atoms with Gasteiger partial charge in [-0.1, -0.05) is 19.1 Å². The van der Waals surface area contributed by atoms with E-state index in [4.69, 9.17) is 4.74 Å². The first-order valence-electron chi connectivity index (χ1n) is 8.31. The molecule has 4 heteroatoms. The summed E-state index contributed by atoms with van der Waals surface area (Å²) < 4.78 is 5.19. The topological polar surface area (TPSA) is 32.8 Å². The number of piperidine rings is 1. The Labute approximate surface area is 133 Å². The summed E-state index contributed by atoms with van der Waals surface area (Å²) in [6.45, 7) is 7.06. The van der Waals surface area contributed by atoms with Crippen LogP contribution in [-0.2, 0) is 11.3 Å². The van der Waals surface area contributed by atoms with E-state index in [2.05, 4.69) is 24.0 Å². The number of amides is 1. The molecule has 0 saturated carbocycles. The molecule has 22 heavy (non-hydrogen) atoms. The van der Waals surface area contributed by atoms with Crippen LogP contribution in [0.1, 0.15) is 31.7 Å². The standard InChI is InChI=1S/C18H26N2O2/c1-3-19-11-8-18(9-12-19)10-13-20(17(18)21)14-15-4-6-16(22-2)7-5-15/h4-7H,3,8-14H2,1-2H3. The van der Waals surface area contributed by atoms with Gasteiger partial charge in [-0.25, -0.2) is 0 Å². The van der Waals surface area contributed by atoms with Crippen molar-refractivity contribution in [3.63, 3.8) is 0 Å². The fourth-order valence-corrected chi connectivity index (χ4v) is 3.76. The number of methoxy groups -OCH3 is 1. The number of ether oxygens (including phenoxy) is 1. The zero-order chi connectivity index (χ0) is 15.6. The Bertz CT molecular complexity index is 518. The number of likely N-dealkylation sites (tertiary alicyclic amines) is 2. The maximum absolute atomic E-state index is 12.9. The fourth-order valence-electron chi connectivity index (χ4n) is 3.76. The van der Waals surface area contributed by atoms with Crippen LogP contribution in [0.4, 0.5) is 0 Å². The molecule has 2 fully saturated rings. The van der Waals surface area contributed by atoms with Gasteiger partial charge in [0.05, 0.1) is 12.5 Å². The highest BCUT2D eigenvalue weighted by Gasteiger charge is 2.47. The summed E-state index contributed by atoms with van der Waals surface area (Å²) in [4.78, 5) is 17.4. The number of carbonyl (C=O) groups excluding carboxylic acids is 1. The molecule has 0 unspecified atom stereocenters. The maximum atomic E-state index is 12.9. The molecule has 4 nitrogen and oxygen atoms in total. The van der Waals surface area contributed by atoms with Crippen LogP contribution in [0.25, 0.3) is 0 Å². The van der Waals surface area contributed by atoms with Crippen molar-refractivity contribution in [2.75, 3.05) is 33.3 Å². The Morgan fingerprint density at radius 2 is 1.73 bits per heavy atom. The number of rotatable bonds is 4. The first-order valence-corrected chi connectivity index (χ1v) is 8.31. The minimum Gasteiger partial charge on any atom is -0.497 e. The number of carbonyl (C=O) groups is 1. The molecule has 2 heterocycles. The third-order valence-electron chi connectivity index (χ3n) is 5.39. The summed E-state index contributed by atoms with van der Waals surface area (Å²) in [6, 6.07) is 8.03. The highest BCUT2D eigenvalue weighted by Crippen LogP contribution is 2.41. The molecule has 2 aliphatic heterocycles. The van der Waals surface area contributed by atoms with Crippen molar-refractivity contribution in [3.8, 4) is 5.75 Å². The highest BCUT2D eigenvalue weighted by atomic mass is 16.5. The smallest absolute Gasteiger partial charge is 0.229 e. The molecule has 0 aromatic heterocycles. The Kier molecular flexibility index (Phi) is 4.39. The average molecular weight is 302 g/mol. The molecule has 3 rings (SSSR count). The lowest BCUT2D eigenvalue weighted by atomic mass is 9.77. The van der Waals surface area contributed by atoms with Gasteiger partial charge in [0.2, 0.25) is 5.91 Å². The Morgan fingerprint density at radius 1 is 1.09 bits per heavy atom. The van der Waals surface area contributed by atoms with Crippen molar-refractivity contribution in [2.45, 2.75) is 32.7 Å². The van der Waals surface area contributed by atoms with E-state index < -0.39 is 0 Å². The predicted molar refractivity (Wildman–Crippen MR) is 86.8 cm³/mol. The van der Waals surface area contributed by atoms with Crippen molar-refractivity contribution < 1.29 is 9.53 Å². The van der Waals surface area contributed by atoms with Gasteiger partial charge in [-0.15, -0.1) is 0 Å². The van der Waals surface area contributed by atoms with Crippen LogP contribution >= 0.6 is 0 Å². The van der Waals surface area contributed by atoms with Gasteiger partial charge in [0.15, 0.2) is 0 Å². The normalized spacial score (nSPS) is 21.5. The molecule has 0 N–H and O–H groups in total. The third-order valence-corrected chi connectivity index (χ3v) is 5.39. The lowest BCUT2D eigenvalue weighted by molar-refractivity contribution is -0.138. The van der Waals surface area contributed by atoms with Gasteiger partial charge in [0.25, 0.3) is 0 Å². The second kappa shape index (κ2) is 6.29. The third kappa shape index (κ3) is 2.84.